The van der Waals surface area contributed by atoms with Gasteiger partial charge in [-0.05, 0) is 31.3 Å². The van der Waals surface area contributed by atoms with Crippen LogP contribution in [0.3, 0.4) is 0 Å². The lowest BCUT2D eigenvalue weighted by molar-refractivity contribution is 0.436. The van der Waals surface area contributed by atoms with Crippen LogP contribution in [-0.4, -0.2) is 21.8 Å². The summed E-state index contributed by atoms with van der Waals surface area (Å²) in [6.07, 6.45) is 0. The molecule has 0 fully saturated rings. The number of benzene rings is 1. The Hall–Kier alpha value is -1.95. The molecule has 1 heterocycles. The van der Waals surface area contributed by atoms with Crippen molar-refractivity contribution in [2.75, 3.05) is 7.05 Å². The Bertz CT molecular complexity index is 645. The first-order chi connectivity index (χ1) is 8.54. The van der Waals surface area contributed by atoms with E-state index in [9.17, 15) is 5.11 Å². The van der Waals surface area contributed by atoms with E-state index in [2.05, 4.69) is 15.5 Å². The summed E-state index contributed by atoms with van der Waals surface area (Å²) < 4.78 is 1.67. The predicted octanol–water partition coefficient (Wildman–Crippen LogP) is 2.78. The normalized spacial score (nSPS) is 11.3. The highest BCUT2D eigenvalue weighted by Gasteiger charge is 2.14. The summed E-state index contributed by atoms with van der Waals surface area (Å²) in [6, 6.07) is 5.90. The zero-order valence-corrected chi connectivity index (χ0v) is 11.2. The molecule has 0 bridgehead atoms. The molecule has 2 aromatic rings. The Morgan fingerprint density at radius 3 is 2.83 bits per heavy atom. The molecule has 2 N–H and O–H groups in total. The highest BCUT2D eigenvalue weighted by molar-refractivity contribution is 7.80. The van der Waals surface area contributed by atoms with Crippen molar-refractivity contribution in [3.8, 4) is 5.88 Å². The maximum Gasteiger partial charge on any atom is 0.220 e. The zero-order valence-electron chi connectivity index (χ0n) is 10.4. The van der Waals surface area contributed by atoms with E-state index in [0.29, 0.717) is 5.69 Å². The number of hydrogen-bond acceptors (Lipinski definition) is 3. The van der Waals surface area contributed by atoms with E-state index in [1.54, 1.807) is 18.7 Å². The van der Waals surface area contributed by atoms with Gasteiger partial charge in [0.1, 0.15) is 0 Å². The van der Waals surface area contributed by atoms with Gasteiger partial charge in [0.15, 0.2) is 5.69 Å². The molecule has 1 aromatic heterocycles. The van der Waals surface area contributed by atoms with E-state index in [0.717, 1.165) is 16.5 Å². The van der Waals surface area contributed by atoms with Gasteiger partial charge in [-0.3, -0.25) is 0 Å². The molecule has 6 heteroatoms. The molecular weight excluding hydrogens is 248 g/mol. The highest BCUT2D eigenvalue weighted by atomic mass is 32.1. The van der Waals surface area contributed by atoms with Gasteiger partial charge in [0, 0.05) is 19.5 Å². The van der Waals surface area contributed by atoms with E-state index in [4.69, 9.17) is 12.2 Å². The summed E-state index contributed by atoms with van der Waals surface area (Å²) in [4.78, 5) is 0. The molecule has 94 valence electrons. The lowest BCUT2D eigenvalue weighted by atomic mass is 10.1. The first-order valence-electron chi connectivity index (χ1n) is 5.46. The van der Waals surface area contributed by atoms with Gasteiger partial charge < -0.3 is 15.0 Å². The molecule has 0 unspecified atom stereocenters. The average molecular weight is 262 g/mol. The fourth-order valence-electron chi connectivity index (χ4n) is 1.77. The number of azo groups is 1. The van der Waals surface area contributed by atoms with Crippen LogP contribution in [0.15, 0.2) is 28.4 Å². The van der Waals surface area contributed by atoms with Crippen molar-refractivity contribution in [3.05, 3.63) is 23.8 Å². The minimum absolute atomic E-state index is 0.0817. The minimum atomic E-state index is 0.0817. The quantitative estimate of drug-likeness (QED) is 0.613. The summed E-state index contributed by atoms with van der Waals surface area (Å²) in [5.74, 6) is 0.0817. The second kappa shape index (κ2) is 4.73. The largest absolute Gasteiger partial charge is 0.493 e. The fraction of sp³-hybridized carbons (Fsp3) is 0.250. The standard InChI is InChI=1S/C12H14N4OS/c1-7-4-5-9-8(6-7)10(11(17)16(9)3)14-15-12(18)13-2/h4-6,17H,1-3H3,(H,13,18). The summed E-state index contributed by atoms with van der Waals surface area (Å²) in [5.41, 5.74) is 2.44. The number of nitrogens with zero attached hydrogens (tertiary/aromatic N) is 3. The molecule has 0 aliphatic rings. The molecule has 0 saturated carbocycles. The molecule has 0 saturated heterocycles. The van der Waals surface area contributed by atoms with Crippen molar-refractivity contribution in [2.45, 2.75) is 6.92 Å². The third-order valence-electron chi connectivity index (χ3n) is 2.75. The summed E-state index contributed by atoms with van der Waals surface area (Å²) in [7, 11) is 3.46. The number of rotatable bonds is 1. The molecule has 0 atom stereocenters. The van der Waals surface area contributed by atoms with Crippen LogP contribution in [0.5, 0.6) is 5.88 Å². The molecule has 0 spiro atoms. The summed E-state index contributed by atoms with van der Waals surface area (Å²) in [5, 5.41) is 21.7. The molecule has 0 aliphatic heterocycles. The van der Waals surface area contributed by atoms with Gasteiger partial charge in [0.25, 0.3) is 0 Å². The van der Waals surface area contributed by atoms with Gasteiger partial charge >= 0.3 is 0 Å². The van der Waals surface area contributed by atoms with Gasteiger partial charge in [-0.2, -0.15) is 0 Å². The zero-order chi connectivity index (χ0) is 13.3. The predicted molar refractivity (Wildman–Crippen MR) is 75.5 cm³/mol. The first-order valence-corrected chi connectivity index (χ1v) is 5.87. The minimum Gasteiger partial charge on any atom is -0.493 e. The number of aryl methyl sites for hydroxylation is 2. The number of thiocarbonyl (C=S) groups is 1. The summed E-state index contributed by atoms with van der Waals surface area (Å²) in [6.45, 7) is 1.99. The molecule has 5 nitrogen and oxygen atoms in total. The average Bonchev–Trinajstić information content (AvgIpc) is 2.59. The number of aromatic nitrogens is 1. The van der Waals surface area contributed by atoms with E-state index < -0.39 is 0 Å². The molecule has 0 aliphatic carbocycles. The maximum absolute atomic E-state index is 10.0. The second-order valence-electron chi connectivity index (χ2n) is 4.01. The van der Waals surface area contributed by atoms with E-state index in [-0.39, 0.29) is 11.0 Å². The van der Waals surface area contributed by atoms with Gasteiger partial charge in [-0.25, -0.2) is 0 Å². The SMILES string of the molecule is CNC(=S)N=Nc1c(O)n(C)c2ccc(C)cc12. The Labute approximate surface area is 110 Å². The van der Waals surface area contributed by atoms with Crippen LogP contribution >= 0.6 is 12.2 Å². The van der Waals surface area contributed by atoms with Crippen molar-refractivity contribution >= 4 is 33.9 Å². The Morgan fingerprint density at radius 2 is 2.17 bits per heavy atom. The summed E-state index contributed by atoms with van der Waals surface area (Å²) >= 11 is 4.89. The van der Waals surface area contributed by atoms with Crippen molar-refractivity contribution < 1.29 is 5.11 Å². The maximum atomic E-state index is 10.0. The van der Waals surface area contributed by atoms with Gasteiger partial charge in [0.2, 0.25) is 11.0 Å². The smallest absolute Gasteiger partial charge is 0.220 e. The second-order valence-corrected chi connectivity index (χ2v) is 4.39. The molecule has 2 rings (SSSR count). The Morgan fingerprint density at radius 1 is 1.44 bits per heavy atom. The van der Waals surface area contributed by atoms with Gasteiger partial charge in [-0.15, -0.1) is 10.2 Å². The van der Waals surface area contributed by atoms with E-state index >= 15 is 0 Å². The Balaban J connectivity index is 2.62. The highest BCUT2D eigenvalue weighted by Crippen LogP contribution is 2.38. The molecule has 1 aromatic carbocycles. The monoisotopic (exact) mass is 262 g/mol. The molecule has 18 heavy (non-hydrogen) atoms. The number of hydrogen-bond donors (Lipinski definition) is 2. The van der Waals surface area contributed by atoms with Crippen LogP contribution in [0.25, 0.3) is 10.9 Å². The van der Waals surface area contributed by atoms with Crippen LogP contribution in [0.4, 0.5) is 5.69 Å². The molecular formula is C12H14N4OS. The van der Waals surface area contributed by atoms with E-state index in [1.807, 2.05) is 25.1 Å². The van der Waals surface area contributed by atoms with Crippen molar-refractivity contribution in [2.24, 2.45) is 17.3 Å². The van der Waals surface area contributed by atoms with E-state index in [1.165, 1.54) is 0 Å². The van der Waals surface area contributed by atoms with Crippen LogP contribution in [0.2, 0.25) is 0 Å². The Kier molecular flexibility index (Phi) is 3.29. The van der Waals surface area contributed by atoms with Crippen LogP contribution in [0, 0.1) is 6.92 Å². The van der Waals surface area contributed by atoms with Crippen molar-refractivity contribution in [1.29, 1.82) is 0 Å². The topological polar surface area (TPSA) is 61.9 Å². The van der Waals surface area contributed by atoms with Crippen molar-refractivity contribution in [1.82, 2.24) is 9.88 Å². The van der Waals surface area contributed by atoms with Crippen molar-refractivity contribution in [3.63, 3.8) is 0 Å². The lowest BCUT2D eigenvalue weighted by Crippen LogP contribution is -2.11. The number of aromatic hydroxyl groups is 1. The van der Waals surface area contributed by atoms with Crippen LogP contribution in [0.1, 0.15) is 5.56 Å². The number of fused-ring (bicyclic) bond motifs is 1. The number of nitrogens with one attached hydrogen (secondary N) is 1. The molecule has 0 amide bonds. The van der Waals surface area contributed by atoms with Crippen LogP contribution < -0.4 is 5.32 Å². The fourth-order valence-corrected chi connectivity index (χ4v) is 1.81. The van der Waals surface area contributed by atoms with Crippen LogP contribution in [-0.2, 0) is 7.05 Å². The lowest BCUT2D eigenvalue weighted by Gasteiger charge is -1.96. The molecule has 0 radical (unpaired) electrons. The third-order valence-corrected chi connectivity index (χ3v) is 3.04. The van der Waals surface area contributed by atoms with Gasteiger partial charge in [-0.1, -0.05) is 11.6 Å². The first kappa shape index (κ1) is 12.5. The van der Waals surface area contributed by atoms with Gasteiger partial charge in [0.05, 0.1) is 5.52 Å². The third kappa shape index (κ3) is 2.06.